The summed E-state index contributed by atoms with van der Waals surface area (Å²) in [6, 6.07) is 8.30. The average molecular weight is 340 g/mol. The van der Waals surface area contributed by atoms with Gasteiger partial charge in [-0.05, 0) is 64.2 Å². The molecule has 2 aromatic rings. The molecule has 1 fully saturated rings. The van der Waals surface area contributed by atoms with Gasteiger partial charge >= 0.3 is 0 Å². The van der Waals surface area contributed by atoms with E-state index in [0.29, 0.717) is 12.2 Å². The number of carbonyl (C=O) groups excluding carboxylic acids is 1. The molecule has 0 unspecified atom stereocenters. The fraction of sp³-hybridized carbons (Fsp3) is 0.545. The van der Waals surface area contributed by atoms with Crippen LogP contribution in [-0.4, -0.2) is 34.9 Å². The number of para-hydroxylation sites is 1. The second-order valence-electron chi connectivity index (χ2n) is 7.19. The summed E-state index contributed by atoms with van der Waals surface area (Å²) in [4.78, 5) is 15.3. The second kappa shape index (κ2) is 9.19. The molecule has 1 aromatic carbocycles. The number of Topliss-reactive ketones (excluding diaryl/α,β-unsaturated/α-hetero) is 1. The lowest BCUT2D eigenvalue weighted by Gasteiger charge is -2.26. The van der Waals surface area contributed by atoms with Crippen molar-refractivity contribution in [3.63, 3.8) is 0 Å². The first-order valence-electron chi connectivity index (χ1n) is 9.94. The monoisotopic (exact) mass is 339 g/mol. The van der Waals surface area contributed by atoms with Crippen LogP contribution in [0.1, 0.15) is 62.2 Å². The Labute approximate surface area is 152 Å². The van der Waals surface area contributed by atoms with Gasteiger partial charge < -0.3 is 9.47 Å². The van der Waals surface area contributed by atoms with Gasteiger partial charge in [-0.15, -0.1) is 0 Å². The molecular weight excluding hydrogens is 308 g/mol. The molecule has 135 valence electrons. The van der Waals surface area contributed by atoms with E-state index in [1.165, 1.54) is 44.4 Å². The molecule has 0 N–H and O–H groups in total. The van der Waals surface area contributed by atoms with Crippen LogP contribution in [0, 0.1) is 6.42 Å². The van der Waals surface area contributed by atoms with E-state index in [1.807, 2.05) is 6.07 Å². The highest BCUT2D eigenvalue weighted by molar-refractivity contribution is 6.08. The van der Waals surface area contributed by atoms with Crippen molar-refractivity contribution in [2.24, 2.45) is 0 Å². The van der Waals surface area contributed by atoms with Gasteiger partial charge in [0.25, 0.3) is 0 Å². The minimum atomic E-state index is 0.304. The maximum atomic E-state index is 12.7. The summed E-state index contributed by atoms with van der Waals surface area (Å²) in [6.45, 7) is 6.78. The first-order valence-corrected chi connectivity index (χ1v) is 9.94. The quantitative estimate of drug-likeness (QED) is 0.469. The number of unbranched alkanes of at least 4 members (excludes halogenated alkanes) is 2. The van der Waals surface area contributed by atoms with Gasteiger partial charge in [0, 0.05) is 35.6 Å². The van der Waals surface area contributed by atoms with E-state index >= 15 is 0 Å². The van der Waals surface area contributed by atoms with Crippen molar-refractivity contribution in [3.8, 4) is 0 Å². The highest BCUT2D eigenvalue weighted by Crippen LogP contribution is 2.23. The van der Waals surface area contributed by atoms with Gasteiger partial charge in [-0.3, -0.25) is 4.79 Å². The van der Waals surface area contributed by atoms with Gasteiger partial charge in [0.2, 0.25) is 0 Å². The van der Waals surface area contributed by atoms with Gasteiger partial charge in [-0.1, -0.05) is 31.5 Å². The Bertz CT molecular complexity index is 682. The zero-order valence-electron chi connectivity index (χ0n) is 15.5. The lowest BCUT2D eigenvalue weighted by atomic mass is 10.0. The summed E-state index contributed by atoms with van der Waals surface area (Å²) in [5.41, 5.74) is 2.10. The van der Waals surface area contributed by atoms with E-state index in [-0.39, 0.29) is 0 Å². The van der Waals surface area contributed by atoms with Crippen LogP contribution in [0.15, 0.2) is 30.5 Å². The molecule has 3 rings (SSSR count). The molecule has 25 heavy (non-hydrogen) atoms. The van der Waals surface area contributed by atoms with E-state index in [1.54, 1.807) is 0 Å². The summed E-state index contributed by atoms with van der Waals surface area (Å²) >= 11 is 0. The van der Waals surface area contributed by atoms with Gasteiger partial charge in [0.1, 0.15) is 0 Å². The number of carbonyl (C=O) groups is 1. The van der Waals surface area contributed by atoms with Crippen LogP contribution in [0.25, 0.3) is 10.9 Å². The Morgan fingerprint density at radius 1 is 1.04 bits per heavy atom. The Kier molecular flexibility index (Phi) is 6.69. The number of aryl methyl sites for hydroxylation is 1. The highest BCUT2D eigenvalue weighted by atomic mass is 16.1. The molecule has 1 aromatic heterocycles. The summed E-state index contributed by atoms with van der Waals surface area (Å²) in [6.07, 6.45) is 12.1. The standard InChI is InChI=1S/C22H31N2O/c1-2-14-24-18-20(19-11-6-7-12-21(19)24)22(25)13-5-3-8-15-23-16-9-4-10-17-23/h4,6-7,11-12,18H,2-3,5,8-10,13-17H2,1H3. The van der Waals surface area contributed by atoms with E-state index in [4.69, 9.17) is 0 Å². The average Bonchev–Trinajstić information content (AvgIpc) is 3.01. The fourth-order valence-corrected chi connectivity index (χ4v) is 3.85. The first-order chi connectivity index (χ1) is 12.3. The molecule has 0 spiro atoms. The zero-order chi connectivity index (χ0) is 17.5. The normalized spacial score (nSPS) is 15.7. The van der Waals surface area contributed by atoms with Crippen LogP contribution < -0.4 is 0 Å². The van der Waals surface area contributed by atoms with Gasteiger partial charge in [0.05, 0.1) is 0 Å². The number of aromatic nitrogens is 1. The molecule has 0 aliphatic carbocycles. The molecule has 1 aliphatic heterocycles. The molecule has 1 saturated heterocycles. The number of benzene rings is 1. The van der Waals surface area contributed by atoms with E-state index in [9.17, 15) is 4.79 Å². The lowest BCUT2D eigenvalue weighted by molar-refractivity contribution is 0.0980. The number of nitrogens with zero attached hydrogens (tertiary/aromatic N) is 2. The topological polar surface area (TPSA) is 25.2 Å². The number of hydrogen-bond donors (Lipinski definition) is 0. The van der Waals surface area contributed by atoms with Crippen molar-refractivity contribution in [2.75, 3.05) is 19.6 Å². The molecule has 0 amide bonds. The second-order valence-corrected chi connectivity index (χ2v) is 7.19. The van der Waals surface area contributed by atoms with Crippen LogP contribution in [0.3, 0.4) is 0 Å². The Balaban J connectivity index is 1.50. The van der Waals surface area contributed by atoms with Crippen molar-refractivity contribution in [1.29, 1.82) is 0 Å². The van der Waals surface area contributed by atoms with Crippen LogP contribution in [0.2, 0.25) is 0 Å². The van der Waals surface area contributed by atoms with E-state index < -0.39 is 0 Å². The number of hydrogen-bond acceptors (Lipinski definition) is 2. The Morgan fingerprint density at radius 2 is 1.84 bits per heavy atom. The Hall–Kier alpha value is -1.61. The van der Waals surface area contributed by atoms with Crippen LogP contribution in [-0.2, 0) is 6.54 Å². The summed E-state index contributed by atoms with van der Waals surface area (Å²) in [7, 11) is 0. The third kappa shape index (κ3) is 4.72. The minimum Gasteiger partial charge on any atom is -0.347 e. The first kappa shape index (κ1) is 18.2. The maximum Gasteiger partial charge on any atom is 0.165 e. The van der Waals surface area contributed by atoms with Gasteiger partial charge in [-0.25, -0.2) is 0 Å². The predicted molar refractivity (Wildman–Crippen MR) is 105 cm³/mol. The number of likely N-dealkylation sites (tertiary alicyclic amines) is 1. The van der Waals surface area contributed by atoms with E-state index in [0.717, 1.165) is 36.8 Å². The summed E-state index contributed by atoms with van der Waals surface area (Å²) in [5.74, 6) is 0.304. The molecule has 0 bridgehead atoms. The molecule has 3 nitrogen and oxygen atoms in total. The largest absolute Gasteiger partial charge is 0.347 e. The maximum absolute atomic E-state index is 12.7. The zero-order valence-corrected chi connectivity index (χ0v) is 15.5. The van der Waals surface area contributed by atoms with Crippen molar-refractivity contribution in [2.45, 2.75) is 58.4 Å². The number of piperidine rings is 1. The highest BCUT2D eigenvalue weighted by Gasteiger charge is 2.14. The van der Waals surface area contributed by atoms with Crippen LogP contribution >= 0.6 is 0 Å². The van der Waals surface area contributed by atoms with Gasteiger partial charge in [-0.2, -0.15) is 0 Å². The molecule has 0 atom stereocenters. The molecule has 2 heterocycles. The third-order valence-corrected chi connectivity index (χ3v) is 5.23. The molecule has 1 aliphatic rings. The SMILES string of the molecule is CCCn1cc(C(=O)CCCCCN2CC[CH]CC2)c2ccccc21. The Morgan fingerprint density at radius 3 is 2.64 bits per heavy atom. The van der Waals surface area contributed by atoms with Gasteiger partial charge in [0.15, 0.2) is 5.78 Å². The smallest absolute Gasteiger partial charge is 0.165 e. The number of rotatable bonds is 9. The predicted octanol–water partition coefficient (Wildman–Crippen LogP) is 5.09. The fourth-order valence-electron chi connectivity index (χ4n) is 3.85. The van der Waals surface area contributed by atoms with Crippen molar-refractivity contribution in [1.82, 2.24) is 9.47 Å². The minimum absolute atomic E-state index is 0.304. The molecule has 1 radical (unpaired) electrons. The number of ketones is 1. The lowest BCUT2D eigenvalue weighted by Crippen LogP contribution is -2.30. The van der Waals surface area contributed by atoms with Crippen LogP contribution in [0.4, 0.5) is 0 Å². The van der Waals surface area contributed by atoms with Crippen molar-refractivity contribution < 1.29 is 4.79 Å². The molecular formula is C22H31N2O. The molecule has 0 saturated carbocycles. The summed E-state index contributed by atoms with van der Waals surface area (Å²) in [5, 5.41) is 1.12. The van der Waals surface area contributed by atoms with E-state index in [2.05, 4.69) is 47.2 Å². The number of fused-ring (bicyclic) bond motifs is 1. The van der Waals surface area contributed by atoms with Crippen LogP contribution in [0.5, 0.6) is 0 Å². The van der Waals surface area contributed by atoms with Crippen molar-refractivity contribution in [3.05, 3.63) is 42.4 Å². The molecule has 3 heteroatoms. The summed E-state index contributed by atoms with van der Waals surface area (Å²) < 4.78 is 2.23. The van der Waals surface area contributed by atoms with Crippen molar-refractivity contribution >= 4 is 16.7 Å². The third-order valence-electron chi connectivity index (χ3n) is 5.23.